The van der Waals surface area contributed by atoms with Crippen molar-refractivity contribution >= 4 is 45.9 Å². The van der Waals surface area contributed by atoms with Crippen LogP contribution in [0, 0.1) is 13.8 Å². The van der Waals surface area contributed by atoms with Crippen LogP contribution in [0.25, 0.3) is 22.6 Å². The lowest BCUT2D eigenvalue weighted by atomic mass is 10.1. The van der Waals surface area contributed by atoms with Crippen molar-refractivity contribution in [1.82, 2.24) is 4.98 Å². The Bertz CT molecular complexity index is 1210. The minimum absolute atomic E-state index is 0.271. The van der Waals surface area contributed by atoms with E-state index in [0.29, 0.717) is 27.2 Å². The zero-order chi connectivity index (χ0) is 19.8. The van der Waals surface area contributed by atoms with Gasteiger partial charge < -0.3 is 9.73 Å². The van der Waals surface area contributed by atoms with Crippen LogP contribution in [-0.4, -0.2) is 10.9 Å². The third-order valence-electron chi connectivity index (χ3n) is 4.54. The summed E-state index contributed by atoms with van der Waals surface area (Å²) >= 11 is 11.9. The average Bonchev–Trinajstić information content (AvgIpc) is 3.08. The van der Waals surface area contributed by atoms with E-state index in [1.165, 1.54) is 0 Å². The fourth-order valence-electron chi connectivity index (χ4n) is 2.99. The topological polar surface area (TPSA) is 55.1 Å². The van der Waals surface area contributed by atoms with E-state index in [0.717, 1.165) is 27.8 Å². The smallest absolute Gasteiger partial charge is 0.255 e. The molecule has 4 rings (SSSR count). The largest absolute Gasteiger partial charge is 0.436 e. The molecule has 1 N–H and O–H groups in total. The maximum absolute atomic E-state index is 12.6. The summed E-state index contributed by atoms with van der Waals surface area (Å²) in [6, 6.07) is 16.3. The zero-order valence-electron chi connectivity index (χ0n) is 15.2. The lowest BCUT2D eigenvalue weighted by Crippen LogP contribution is -2.13. The van der Waals surface area contributed by atoms with Crippen molar-refractivity contribution in [3.63, 3.8) is 0 Å². The van der Waals surface area contributed by atoms with Crippen LogP contribution in [0.1, 0.15) is 21.5 Å². The number of benzene rings is 3. The number of nitrogens with one attached hydrogen (secondary N) is 1. The molecule has 28 heavy (non-hydrogen) atoms. The molecule has 6 heteroatoms. The minimum atomic E-state index is -0.271. The van der Waals surface area contributed by atoms with Crippen molar-refractivity contribution in [2.24, 2.45) is 0 Å². The molecule has 4 nitrogen and oxygen atoms in total. The van der Waals surface area contributed by atoms with Crippen molar-refractivity contribution < 1.29 is 9.21 Å². The van der Waals surface area contributed by atoms with Crippen LogP contribution in [-0.2, 0) is 0 Å². The van der Waals surface area contributed by atoms with Crippen LogP contribution in [0.2, 0.25) is 10.0 Å². The number of oxazole rings is 1. The van der Waals surface area contributed by atoms with Gasteiger partial charge in [-0.15, -0.1) is 0 Å². The van der Waals surface area contributed by atoms with Crippen molar-refractivity contribution in [3.8, 4) is 11.5 Å². The summed E-state index contributed by atoms with van der Waals surface area (Å²) in [6.45, 7) is 3.93. The highest BCUT2D eigenvalue weighted by molar-refractivity contribution is 6.42. The molecule has 0 unspecified atom stereocenters. The number of carbonyl (C=O) groups is 1. The summed E-state index contributed by atoms with van der Waals surface area (Å²) in [5.41, 5.74) is 5.43. The monoisotopic (exact) mass is 410 g/mol. The molecule has 0 saturated heterocycles. The molecule has 0 radical (unpaired) electrons. The number of hydrogen-bond acceptors (Lipinski definition) is 3. The molecule has 0 atom stereocenters. The molecule has 0 aliphatic carbocycles. The van der Waals surface area contributed by atoms with E-state index in [9.17, 15) is 4.79 Å². The van der Waals surface area contributed by atoms with Crippen LogP contribution < -0.4 is 5.32 Å². The Kier molecular flexibility index (Phi) is 4.84. The number of aryl methyl sites for hydroxylation is 1. The summed E-state index contributed by atoms with van der Waals surface area (Å²) in [6.07, 6.45) is 0. The number of carbonyl (C=O) groups excluding carboxylic acids is 1. The van der Waals surface area contributed by atoms with Gasteiger partial charge in [-0.3, -0.25) is 4.79 Å². The van der Waals surface area contributed by atoms with Crippen molar-refractivity contribution in [2.75, 3.05) is 5.32 Å². The Morgan fingerprint density at radius 3 is 2.61 bits per heavy atom. The summed E-state index contributed by atoms with van der Waals surface area (Å²) < 4.78 is 5.91. The van der Waals surface area contributed by atoms with Gasteiger partial charge in [-0.1, -0.05) is 35.3 Å². The number of rotatable bonds is 3. The fourth-order valence-corrected chi connectivity index (χ4v) is 3.29. The van der Waals surface area contributed by atoms with E-state index in [1.54, 1.807) is 18.2 Å². The summed E-state index contributed by atoms with van der Waals surface area (Å²) in [4.78, 5) is 17.2. The molecular weight excluding hydrogens is 395 g/mol. The van der Waals surface area contributed by atoms with E-state index in [-0.39, 0.29) is 5.91 Å². The van der Waals surface area contributed by atoms with Gasteiger partial charge in [0.2, 0.25) is 5.89 Å². The summed E-state index contributed by atoms with van der Waals surface area (Å²) in [5.74, 6) is 0.246. The number of fused-ring (bicyclic) bond motifs is 1. The number of hydrogen-bond donors (Lipinski definition) is 1. The first kappa shape index (κ1) is 18.5. The van der Waals surface area contributed by atoms with Gasteiger partial charge in [0, 0.05) is 16.8 Å². The lowest BCUT2D eigenvalue weighted by molar-refractivity contribution is 0.102. The molecule has 4 aromatic rings. The maximum Gasteiger partial charge on any atom is 0.255 e. The van der Waals surface area contributed by atoms with Crippen LogP contribution in [0.5, 0.6) is 0 Å². The van der Waals surface area contributed by atoms with Gasteiger partial charge in [0.05, 0.1) is 10.0 Å². The van der Waals surface area contributed by atoms with E-state index in [1.807, 2.05) is 50.2 Å². The molecule has 0 saturated carbocycles. The molecule has 0 aliphatic heterocycles. The predicted molar refractivity (Wildman–Crippen MR) is 113 cm³/mol. The number of nitrogens with zero attached hydrogens (tertiary/aromatic N) is 1. The SMILES string of the molecule is Cc1ccc2oc(-c3cccc(NC(=O)c4ccc(Cl)c(Cl)c4)c3C)nc2c1. The highest BCUT2D eigenvalue weighted by Crippen LogP contribution is 2.31. The van der Waals surface area contributed by atoms with Gasteiger partial charge in [0.15, 0.2) is 5.58 Å². The van der Waals surface area contributed by atoms with Crippen molar-refractivity contribution in [3.05, 3.63) is 81.3 Å². The molecule has 1 amide bonds. The zero-order valence-corrected chi connectivity index (χ0v) is 16.7. The molecule has 0 bridgehead atoms. The number of aromatic nitrogens is 1. The van der Waals surface area contributed by atoms with E-state index in [2.05, 4.69) is 10.3 Å². The molecule has 0 fully saturated rings. The second-order valence-corrected chi connectivity index (χ2v) is 7.37. The second-order valence-electron chi connectivity index (χ2n) is 6.55. The van der Waals surface area contributed by atoms with Gasteiger partial charge >= 0.3 is 0 Å². The Balaban J connectivity index is 1.67. The Hall–Kier alpha value is -2.82. The van der Waals surface area contributed by atoms with Gasteiger partial charge in [-0.05, 0) is 67.4 Å². The third-order valence-corrected chi connectivity index (χ3v) is 5.28. The minimum Gasteiger partial charge on any atom is -0.436 e. The second kappa shape index (κ2) is 7.30. The number of halogens is 2. The summed E-state index contributed by atoms with van der Waals surface area (Å²) in [7, 11) is 0. The molecular formula is C22H16Cl2N2O2. The highest BCUT2D eigenvalue weighted by Gasteiger charge is 2.15. The first-order valence-corrected chi connectivity index (χ1v) is 9.41. The quantitative estimate of drug-likeness (QED) is 0.410. The van der Waals surface area contributed by atoms with Gasteiger partial charge in [0.1, 0.15) is 5.52 Å². The number of anilines is 1. The normalized spacial score (nSPS) is 11.0. The van der Waals surface area contributed by atoms with E-state index >= 15 is 0 Å². The van der Waals surface area contributed by atoms with Crippen molar-refractivity contribution in [1.29, 1.82) is 0 Å². The highest BCUT2D eigenvalue weighted by atomic mass is 35.5. The first-order valence-electron chi connectivity index (χ1n) is 8.66. The van der Waals surface area contributed by atoms with Gasteiger partial charge in [-0.2, -0.15) is 0 Å². The lowest BCUT2D eigenvalue weighted by Gasteiger charge is -2.11. The third kappa shape index (κ3) is 3.49. The molecule has 0 aliphatic rings. The molecule has 0 spiro atoms. The Morgan fingerprint density at radius 1 is 1.00 bits per heavy atom. The first-order chi connectivity index (χ1) is 13.4. The summed E-state index contributed by atoms with van der Waals surface area (Å²) in [5, 5.41) is 3.66. The van der Waals surface area contributed by atoms with Gasteiger partial charge in [-0.25, -0.2) is 4.98 Å². The molecule has 1 aromatic heterocycles. The molecule has 140 valence electrons. The Labute approximate surface area is 172 Å². The van der Waals surface area contributed by atoms with Crippen LogP contribution in [0.4, 0.5) is 5.69 Å². The average molecular weight is 411 g/mol. The molecule has 3 aromatic carbocycles. The molecule has 1 heterocycles. The van der Waals surface area contributed by atoms with E-state index in [4.69, 9.17) is 27.6 Å². The van der Waals surface area contributed by atoms with Crippen LogP contribution in [0.3, 0.4) is 0 Å². The van der Waals surface area contributed by atoms with E-state index < -0.39 is 0 Å². The standard InChI is InChI=1S/C22H16Cl2N2O2/c1-12-6-9-20-19(10-12)26-22(28-20)15-4-3-5-18(13(15)2)25-21(27)14-7-8-16(23)17(24)11-14/h3-11H,1-2H3,(H,25,27). The van der Waals surface area contributed by atoms with Crippen molar-refractivity contribution in [2.45, 2.75) is 13.8 Å². The van der Waals surface area contributed by atoms with Gasteiger partial charge in [0.25, 0.3) is 5.91 Å². The fraction of sp³-hybridized carbons (Fsp3) is 0.0909. The predicted octanol–water partition coefficient (Wildman–Crippen LogP) is 6.67. The number of amides is 1. The van der Waals surface area contributed by atoms with Crippen LogP contribution >= 0.6 is 23.2 Å². The Morgan fingerprint density at radius 2 is 1.82 bits per heavy atom. The van der Waals surface area contributed by atoms with Crippen LogP contribution in [0.15, 0.2) is 59.0 Å². The maximum atomic E-state index is 12.6.